The second-order valence-corrected chi connectivity index (χ2v) is 53.4. The van der Waals surface area contributed by atoms with E-state index in [-0.39, 0.29) is 11.9 Å². The molecule has 32 nitrogen and oxygen atoms in total. The molecular formula is C47H93N17O15Si6. The Morgan fingerprint density at radius 3 is 1.38 bits per heavy atom. The summed E-state index contributed by atoms with van der Waals surface area (Å²) in [5, 5.41) is 28.1. The van der Waals surface area contributed by atoms with E-state index in [4.69, 9.17) is 49.1 Å². The fraction of sp³-hybridized carbons (Fsp3) is 0.681. The van der Waals surface area contributed by atoms with Crippen LogP contribution < -0.4 is 46.3 Å². The summed E-state index contributed by atoms with van der Waals surface area (Å²) in [6, 6.07) is 0.852. The molecular weight excluding hydrogens is 1210 g/mol. The molecule has 2 aliphatic rings. The van der Waals surface area contributed by atoms with Crippen molar-refractivity contribution in [2.75, 3.05) is 28.0 Å². The number of ether oxygens (including phenoxy) is 5. The Balaban J connectivity index is 0.000000521. The number of hydrogen-bond acceptors (Lipinski definition) is 30. The molecule has 4 aromatic rings. The van der Waals surface area contributed by atoms with Gasteiger partial charge in [-0.2, -0.15) is 29.9 Å². The van der Waals surface area contributed by atoms with Gasteiger partial charge >= 0.3 is 41.3 Å². The van der Waals surface area contributed by atoms with Gasteiger partial charge in [-0.05, 0) is 45.7 Å². The maximum atomic E-state index is 11.5. The van der Waals surface area contributed by atoms with Crippen LogP contribution in [0, 0.1) is 0 Å². The van der Waals surface area contributed by atoms with Crippen molar-refractivity contribution in [3.63, 3.8) is 0 Å². The van der Waals surface area contributed by atoms with Crippen molar-refractivity contribution in [1.82, 2.24) is 64.0 Å². The lowest BCUT2D eigenvalue weighted by molar-refractivity contribution is -0.195. The normalized spacial score (nSPS) is 20.2. The molecule has 2 fully saturated rings. The standard InChI is InChI=1S/C12H18O7.2C9H20N4OSi2.C8H12N4O5.C6H19NSi2.C3H4N4O/c1-5-9-10(16-6(2)13)11(17-7(3)14)12(19-9)18-8(4)15;2*1-15(2,3)13-8-10-7-11-9(12-8)14-16(4,5)6;9-7-10-2-12(8(16)11-7)6-5(15)4(14)3(1-13)17-6;1-8(2,3)7-9(4,5)6;4-2-5-1-6-3(8)7-2/h9-12H,5H2,1-4H3;2*7H,1-6H3,(H,10,11,12,13);2-6,13-15H,1H2,(H2,9,11,16);7H,1-6H3;1H,(H3,4,5,6,7,8)/t9-,10+,11?,12-;;;3-,4+,5?,6-;;/m1..1../s1. The highest BCUT2D eigenvalue weighted by Gasteiger charge is 2.50. The van der Waals surface area contributed by atoms with Crippen LogP contribution in [0.3, 0.4) is 0 Å². The molecule has 0 spiro atoms. The average molecular weight is 1300 g/mol. The fourth-order valence-corrected chi connectivity index (χ4v) is 18.9. The molecule has 11 N–H and O–H groups in total. The van der Waals surface area contributed by atoms with E-state index in [2.05, 4.69) is 187 Å². The molecule has 0 radical (unpaired) electrons. The molecule has 85 heavy (non-hydrogen) atoms. The van der Waals surface area contributed by atoms with E-state index in [0.29, 0.717) is 30.3 Å². The monoisotopic (exact) mass is 1300 g/mol. The number of H-pyrrole nitrogens is 1. The van der Waals surface area contributed by atoms with Crippen molar-refractivity contribution in [1.29, 1.82) is 0 Å². The van der Waals surface area contributed by atoms with Gasteiger partial charge in [-0.15, -0.1) is 0 Å². The minimum absolute atomic E-state index is 0.0880. The van der Waals surface area contributed by atoms with Gasteiger partial charge < -0.3 is 73.9 Å². The van der Waals surface area contributed by atoms with Gasteiger partial charge in [0.1, 0.15) is 82.7 Å². The molecule has 4 aromatic heterocycles. The van der Waals surface area contributed by atoms with Gasteiger partial charge in [0.2, 0.25) is 52.8 Å². The molecule has 2 unspecified atom stereocenters. The van der Waals surface area contributed by atoms with Gasteiger partial charge in [0, 0.05) is 20.8 Å². The highest BCUT2D eigenvalue weighted by molar-refractivity contribution is 6.90. The first-order valence-electron chi connectivity index (χ1n) is 27.0. The van der Waals surface area contributed by atoms with Crippen molar-refractivity contribution in [3.05, 3.63) is 46.3 Å². The Hall–Kier alpha value is -6.09. The Morgan fingerprint density at radius 2 is 1.05 bits per heavy atom. The average Bonchev–Trinajstić information content (AvgIpc) is 4.02. The molecule has 480 valence electrons. The number of carbonyl (C=O) groups is 3. The van der Waals surface area contributed by atoms with Crippen LogP contribution in [-0.2, 0) is 38.1 Å². The van der Waals surface area contributed by atoms with Crippen LogP contribution in [0.5, 0.6) is 12.0 Å². The van der Waals surface area contributed by atoms with Crippen molar-refractivity contribution >= 4 is 91.3 Å². The first-order valence-corrected chi connectivity index (χ1v) is 47.8. The number of aromatic nitrogens is 12. The lowest BCUT2D eigenvalue weighted by Crippen LogP contribution is -2.55. The van der Waals surface area contributed by atoms with E-state index in [1.54, 1.807) is 0 Å². The van der Waals surface area contributed by atoms with E-state index < -0.39 is 135 Å². The number of nitrogens with zero attached hydrogens (tertiary/aromatic N) is 11. The lowest BCUT2D eigenvalue weighted by Gasteiger charge is -2.28. The van der Waals surface area contributed by atoms with Gasteiger partial charge in [-0.3, -0.25) is 23.9 Å². The van der Waals surface area contributed by atoms with Crippen LogP contribution in [0.15, 0.2) is 34.9 Å². The molecule has 0 amide bonds. The molecule has 6 heterocycles. The molecule has 0 aromatic carbocycles. The quantitative estimate of drug-likeness (QED) is 0.0442. The van der Waals surface area contributed by atoms with Crippen LogP contribution in [0.25, 0.3) is 0 Å². The number of aliphatic hydroxyl groups is 3. The van der Waals surface area contributed by atoms with Gasteiger partial charge in [-0.1, -0.05) is 85.5 Å². The highest BCUT2D eigenvalue weighted by atomic mass is 28.4. The second-order valence-electron chi connectivity index (χ2n) is 25.0. The van der Waals surface area contributed by atoms with Crippen LogP contribution in [0.1, 0.15) is 40.3 Å². The van der Waals surface area contributed by atoms with Gasteiger partial charge in [0.25, 0.3) is 0 Å². The fourth-order valence-electron chi connectivity index (χ4n) is 7.01. The maximum absolute atomic E-state index is 11.5. The number of nitrogens with two attached hydrogens (primary N) is 2. The molecule has 2 aliphatic heterocycles. The van der Waals surface area contributed by atoms with Gasteiger partial charge in [0.05, 0.1) is 6.61 Å². The van der Waals surface area contributed by atoms with E-state index >= 15 is 0 Å². The number of rotatable bonds is 16. The summed E-state index contributed by atoms with van der Waals surface area (Å²) in [5.41, 5.74) is 9.03. The third-order valence-corrected chi connectivity index (χ3v) is 18.9. The summed E-state index contributed by atoms with van der Waals surface area (Å²) in [7, 11) is -8.11. The van der Waals surface area contributed by atoms with Crippen molar-refractivity contribution in [2.24, 2.45) is 0 Å². The van der Waals surface area contributed by atoms with Crippen LogP contribution >= 0.6 is 0 Å². The minimum atomic E-state index is -1.65. The summed E-state index contributed by atoms with van der Waals surface area (Å²) in [6.07, 6.45) is -2.34. The number of anilines is 4. The minimum Gasteiger partial charge on any atom is -0.518 e. The second kappa shape index (κ2) is 33.7. The van der Waals surface area contributed by atoms with Crippen LogP contribution in [-0.4, -0.2) is 192 Å². The number of carbonyl (C=O) groups excluding carboxylic acids is 3. The van der Waals surface area contributed by atoms with E-state index in [0.717, 1.165) is 17.2 Å². The summed E-state index contributed by atoms with van der Waals surface area (Å²) >= 11 is 0. The number of esters is 3. The Bertz CT molecular complexity index is 2680. The molecule has 0 saturated carbocycles. The molecule has 0 aliphatic carbocycles. The van der Waals surface area contributed by atoms with Crippen LogP contribution in [0.2, 0.25) is 118 Å². The molecule has 2 saturated heterocycles. The summed E-state index contributed by atoms with van der Waals surface area (Å²) in [5.74, 6) is -0.541. The Morgan fingerprint density at radius 1 is 0.600 bits per heavy atom. The highest BCUT2D eigenvalue weighted by Crippen LogP contribution is 2.30. The van der Waals surface area contributed by atoms with Gasteiger partial charge in [-0.25, -0.2) is 29.5 Å². The Kier molecular flexibility index (Phi) is 30.5. The summed E-state index contributed by atoms with van der Waals surface area (Å²) < 4.78 is 41.7. The third-order valence-electron chi connectivity index (χ3n) is 9.32. The largest absolute Gasteiger partial charge is 0.518 e. The number of hydrogen-bond donors (Lipinski definition) is 9. The smallest absolute Gasteiger partial charge is 0.354 e. The third kappa shape index (κ3) is 34.0. The maximum Gasteiger partial charge on any atom is 0.354 e. The van der Waals surface area contributed by atoms with E-state index in [9.17, 15) is 34.2 Å². The van der Waals surface area contributed by atoms with Crippen molar-refractivity contribution in [2.45, 2.75) is 201 Å². The molecule has 0 bridgehead atoms. The zero-order valence-electron chi connectivity index (χ0n) is 53.2. The van der Waals surface area contributed by atoms with E-state index in [1.165, 1.54) is 33.4 Å². The number of nitrogens with one attached hydrogen (secondary N) is 4. The predicted octanol–water partition coefficient (Wildman–Crippen LogP) is 3.04. The summed E-state index contributed by atoms with van der Waals surface area (Å²) in [4.78, 5) is 102. The summed E-state index contributed by atoms with van der Waals surface area (Å²) in [6.45, 7) is 44.9. The SMILES string of the molecule is CC[C@H]1O[C@@H](OC(C)=O)C(OC(C)=O)[C@H]1OC(C)=O.C[Si](C)(C)N[Si](C)(C)C.C[Si](C)(C)Nc1ncnc(O[Si](C)(C)C)n1.C[Si](C)(C)Nc1ncnc(O[Si](C)(C)C)n1.Nc1ncn([C@@H]2O[C@H](CO)[C@H](O)C2O)c(=O)n1.Nc1ncnc(=O)[nH]1. The zero-order chi connectivity index (χ0) is 65.6. The van der Waals surface area contributed by atoms with Crippen molar-refractivity contribution in [3.8, 4) is 12.0 Å². The van der Waals surface area contributed by atoms with Crippen molar-refractivity contribution < 1.29 is 62.2 Å². The lowest BCUT2D eigenvalue weighted by atomic mass is 10.1. The first kappa shape index (κ1) is 76.9. The Labute approximate surface area is 502 Å². The topological polar surface area (TPSA) is 448 Å². The number of aromatic amines is 1. The number of aliphatic hydroxyl groups excluding tert-OH is 3. The van der Waals surface area contributed by atoms with Gasteiger partial charge in [0.15, 0.2) is 12.3 Å². The number of nitrogen functional groups attached to an aromatic ring is 2. The molecule has 38 heteroatoms. The first-order chi connectivity index (χ1) is 38.7. The zero-order valence-corrected chi connectivity index (χ0v) is 59.2. The van der Waals surface area contributed by atoms with Crippen LogP contribution in [0.4, 0.5) is 23.8 Å². The predicted molar refractivity (Wildman–Crippen MR) is 334 cm³/mol. The molecule has 6 rings (SSSR count). The van der Waals surface area contributed by atoms with E-state index in [1.807, 2.05) is 6.92 Å². The molecule has 8 atom stereocenters.